The molecule has 0 amide bonds. The van der Waals surface area contributed by atoms with E-state index in [4.69, 9.17) is 4.52 Å². The molecule has 0 bridgehead atoms. The van der Waals surface area contributed by atoms with E-state index in [2.05, 4.69) is 43.0 Å². The van der Waals surface area contributed by atoms with Gasteiger partial charge in [0.1, 0.15) is 12.0 Å². The van der Waals surface area contributed by atoms with Crippen LogP contribution >= 0.6 is 22.6 Å². The summed E-state index contributed by atoms with van der Waals surface area (Å²) in [6, 6.07) is 1.79. The Kier molecular flexibility index (Phi) is 2.92. The first-order valence-electron chi connectivity index (χ1n) is 3.95. The van der Waals surface area contributed by atoms with Crippen molar-refractivity contribution in [2.24, 2.45) is 0 Å². The molecule has 0 saturated heterocycles. The van der Waals surface area contributed by atoms with Crippen molar-refractivity contribution in [3.8, 4) is 0 Å². The number of hydrogen-bond donors (Lipinski definition) is 1. The van der Waals surface area contributed by atoms with E-state index in [0.29, 0.717) is 12.5 Å². The van der Waals surface area contributed by atoms with E-state index in [1.54, 1.807) is 18.5 Å². The van der Waals surface area contributed by atoms with Crippen molar-refractivity contribution in [2.75, 3.05) is 5.32 Å². The maximum Gasteiger partial charge on any atom is 0.222 e. The first kappa shape index (κ1) is 9.38. The molecular weight excluding hydrogens is 295 g/mol. The van der Waals surface area contributed by atoms with Crippen LogP contribution < -0.4 is 5.32 Å². The lowest BCUT2D eigenvalue weighted by Gasteiger charge is -2.00. The minimum absolute atomic E-state index is 0.567. The van der Waals surface area contributed by atoms with Gasteiger partial charge in [0.05, 0.1) is 6.54 Å². The second kappa shape index (κ2) is 4.36. The van der Waals surface area contributed by atoms with Gasteiger partial charge in [0.2, 0.25) is 5.95 Å². The first-order valence-corrected chi connectivity index (χ1v) is 5.03. The fraction of sp³-hybridized carbons (Fsp3) is 0.125. The van der Waals surface area contributed by atoms with Crippen LogP contribution in [0.15, 0.2) is 29.2 Å². The van der Waals surface area contributed by atoms with Crippen molar-refractivity contribution < 1.29 is 4.52 Å². The van der Waals surface area contributed by atoms with Gasteiger partial charge in [-0.1, -0.05) is 5.16 Å². The molecule has 0 unspecified atom stereocenters. The minimum atomic E-state index is 0.567. The predicted molar refractivity (Wildman–Crippen MR) is 58.6 cm³/mol. The molecule has 0 radical (unpaired) electrons. The highest BCUT2D eigenvalue weighted by molar-refractivity contribution is 14.1. The third-order valence-electron chi connectivity index (χ3n) is 1.54. The largest absolute Gasteiger partial charge is 0.364 e. The van der Waals surface area contributed by atoms with Gasteiger partial charge in [-0.3, -0.25) is 0 Å². The maximum atomic E-state index is 4.69. The molecule has 0 aliphatic heterocycles. The van der Waals surface area contributed by atoms with Gasteiger partial charge in [-0.25, -0.2) is 9.97 Å². The van der Waals surface area contributed by atoms with Gasteiger partial charge in [0.25, 0.3) is 0 Å². The summed E-state index contributed by atoms with van der Waals surface area (Å²) >= 11 is 2.16. The molecule has 0 saturated carbocycles. The molecular formula is C8H7IN4O. The van der Waals surface area contributed by atoms with Crippen LogP contribution in [-0.4, -0.2) is 15.1 Å². The maximum absolute atomic E-state index is 4.69. The number of nitrogens with zero attached hydrogens (tertiary/aromatic N) is 3. The Morgan fingerprint density at radius 2 is 2.14 bits per heavy atom. The van der Waals surface area contributed by atoms with Crippen molar-refractivity contribution in [3.63, 3.8) is 0 Å². The van der Waals surface area contributed by atoms with Gasteiger partial charge in [-0.05, 0) is 22.6 Å². The lowest BCUT2D eigenvalue weighted by molar-refractivity contribution is 0.412. The van der Waals surface area contributed by atoms with Crippen LogP contribution in [0.2, 0.25) is 0 Å². The normalized spacial score (nSPS) is 10.1. The SMILES string of the molecule is Ic1cnc(NCc2ccon2)nc1. The Morgan fingerprint density at radius 3 is 2.79 bits per heavy atom. The van der Waals surface area contributed by atoms with Crippen LogP contribution in [0.1, 0.15) is 5.69 Å². The summed E-state index contributed by atoms with van der Waals surface area (Å²) in [5.74, 6) is 0.591. The summed E-state index contributed by atoms with van der Waals surface area (Å²) < 4.78 is 5.70. The molecule has 0 aliphatic carbocycles. The highest BCUT2D eigenvalue weighted by Crippen LogP contribution is 2.04. The Hall–Kier alpha value is -1.18. The molecule has 0 atom stereocenters. The lowest BCUT2D eigenvalue weighted by atomic mass is 10.4. The highest BCUT2D eigenvalue weighted by atomic mass is 127. The van der Waals surface area contributed by atoms with Crippen LogP contribution in [0.5, 0.6) is 0 Å². The third kappa shape index (κ3) is 2.41. The molecule has 72 valence electrons. The van der Waals surface area contributed by atoms with Gasteiger partial charge < -0.3 is 9.84 Å². The monoisotopic (exact) mass is 302 g/mol. The van der Waals surface area contributed by atoms with E-state index in [0.717, 1.165) is 9.26 Å². The molecule has 0 aliphatic rings. The first-order chi connectivity index (χ1) is 6.84. The molecule has 6 heteroatoms. The zero-order chi connectivity index (χ0) is 9.80. The third-order valence-corrected chi connectivity index (χ3v) is 2.10. The van der Waals surface area contributed by atoms with Crippen LogP contribution in [0, 0.1) is 3.57 Å². The molecule has 0 spiro atoms. The van der Waals surface area contributed by atoms with E-state index >= 15 is 0 Å². The van der Waals surface area contributed by atoms with Crippen LogP contribution in [0.25, 0.3) is 0 Å². The predicted octanol–water partition coefficient (Wildman–Crippen LogP) is 1.68. The minimum Gasteiger partial charge on any atom is -0.364 e. The smallest absolute Gasteiger partial charge is 0.222 e. The van der Waals surface area contributed by atoms with Crippen LogP contribution in [0.3, 0.4) is 0 Å². The summed E-state index contributed by atoms with van der Waals surface area (Å²) in [6.45, 7) is 0.567. The van der Waals surface area contributed by atoms with Gasteiger partial charge in [-0.2, -0.15) is 0 Å². The molecule has 5 nitrogen and oxygen atoms in total. The fourth-order valence-electron chi connectivity index (χ4n) is 0.902. The van der Waals surface area contributed by atoms with Crippen molar-refractivity contribution >= 4 is 28.5 Å². The van der Waals surface area contributed by atoms with Crippen molar-refractivity contribution in [1.29, 1.82) is 0 Å². The second-order valence-corrected chi connectivity index (χ2v) is 3.81. The number of hydrogen-bond acceptors (Lipinski definition) is 5. The van der Waals surface area contributed by atoms with Crippen LogP contribution in [0.4, 0.5) is 5.95 Å². The summed E-state index contributed by atoms with van der Waals surface area (Å²) in [5, 5.41) is 6.78. The topological polar surface area (TPSA) is 63.8 Å². The molecule has 2 aromatic heterocycles. The van der Waals surface area contributed by atoms with Crippen molar-refractivity contribution in [3.05, 3.63) is 34.0 Å². The number of rotatable bonds is 3. The fourth-order valence-corrected chi connectivity index (χ4v) is 1.18. The Balaban J connectivity index is 1.95. The molecule has 2 rings (SSSR count). The average molecular weight is 302 g/mol. The summed E-state index contributed by atoms with van der Waals surface area (Å²) in [5.41, 5.74) is 0.826. The summed E-state index contributed by atoms with van der Waals surface area (Å²) in [4.78, 5) is 8.18. The van der Waals surface area contributed by atoms with Crippen molar-refractivity contribution in [2.45, 2.75) is 6.54 Å². The van der Waals surface area contributed by atoms with E-state index in [1.807, 2.05) is 0 Å². The molecule has 2 heterocycles. The molecule has 0 aromatic carbocycles. The zero-order valence-corrected chi connectivity index (χ0v) is 9.30. The van der Waals surface area contributed by atoms with Gasteiger partial charge in [0.15, 0.2) is 0 Å². The van der Waals surface area contributed by atoms with Crippen LogP contribution in [-0.2, 0) is 6.54 Å². The van der Waals surface area contributed by atoms with Crippen molar-refractivity contribution in [1.82, 2.24) is 15.1 Å². The van der Waals surface area contributed by atoms with E-state index in [9.17, 15) is 0 Å². The molecule has 14 heavy (non-hydrogen) atoms. The second-order valence-electron chi connectivity index (χ2n) is 2.57. The van der Waals surface area contributed by atoms with Gasteiger partial charge in [0, 0.05) is 22.0 Å². The quantitative estimate of drug-likeness (QED) is 0.874. The summed E-state index contributed by atoms with van der Waals surface area (Å²) in [7, 11) is 0. The standard InChI is InChI=1S/C8H7IN4O/c9-6-3-10-8(11-4-6)12-5-7-1-2-14-13-7/h1-4H,5H2,(H,10,11,12). The molecule has 2 aromatic rings. The summed E-state index contributed by atoms with van der Waals surface area (Å²) in [6.07, 6.45) is 5.03. The lowest BCUT2D eigenvalue weighted by Crippen LogP contribution is -2.03. The highest BCUT2D eigenvalue weighted by Gasteiger charge is 1.98. The van der Waals surface area contributed by atoms with Gasteiger partial charge in [-0.15, -0.1) is 0 Å². The van der Waals surface area contributed by atoms with E-state index in [-0.39, 0.29) is 0 Å². The van der Waals surface area contributed by atoms with E-state index in [1.165, 1.54) is 6.26 Å². The number of aromatic nitrogens is 3. The van der Waals surface area contributed by atoms with Gasteiger partial charge >= 0.3 is 0 Å². The number of nitrogens with one attached hydrogen (secondary N) is 1. The Labute approximate surface area is 94.1 Å². The molecule has 0 fully saturated rings. The average Bonchev–Trinajstić information content (AvgIpc) is 2.70. The van der Waals surface area contributed by atoms with E-state index < -0.39 is 0 Å². The number of halogens is 1. The number of anilines is 1. The zero-order valence-electron chi connectivity index (χ0n) is 7.14. The Morgan fingerprint density at radius 1 is 1.36 bits per heavy atom. The Bertz CT molecular complexity index is 386. The molecule has 1 N–H and O–H groups in total.